The van der Waals surface area contributed by atoms with Gasteiger partial charge in [0.25, 0.3) is 0 Å². The van der Waals surface area contributed by atoms with Gasteiger partial charge in [0, 0.05) is 35.5 Å². The van der Waals surface area contributed by atoms with E-state index in [0.29, 0.717) is 12.1 Å². The SMILES string of the molecule is CCCc1c[c]c2c3c(C(N)=O)cccc3n(Cc3cccc(NC(C)=O)c3)c2c1. The molecule has 0 aliphatic heterocycles. The van der Waals surface area contributed by atoms with Crippen molar-refractivity contribution in [2.45, 2.75) is 33.2 Å². The number of fused-ring (bicyclic) bond motifs is 3. The lowest BCUT2D eigenvalue weighted by Crippen LogP contribution is -2.11. The number of amides is 2. The molecule has 3 aromatic carbocycles. The minimum absolute atomic E-state index is 0.103. The Hall–Kier alpha value is -3.60. The van der Waals surface area contributed by atoms with Crippen molar-refractivity contribution in [2.24, 2.45) is 5.73 Å². The van der Waals surface area contributed by atoms with Crippen LogP contribution in [0.3, 0.4) is 0 Å². The summed E-state index contributed by atoms with van der Waals surface area (Å²) in [4.78, 5) is 23.5. The highest BCUT2D eigenvalue weighted by Crippen LogP contribution is 2.33. The van der Waals surface area contributed by atoms with E-state index >= 15 is 0 Å². The van der Waals surface area contributed by atoms with Gasteiger partial charge in [0.15, 0.2) is 0 Å². The summed E-state index contributed by atoms with van der Waals surface area (Å²) in [5.41, 5.74) is 11.2. The molecule has 0 atom stereocenters. The molecule has 0 aliphatic rings. The van der Waals surface area contributed by atoms with Crippen LogP contribution >= 0.6 is 0 Å². The van der Waals surface area contributed by atoms with Crippen LogP contribution in [0.15, 0.2) is 54.6 Å². The second kappa shape index (κ2) is 8.03. The van der Waals surface area contributed by atoms with E-state index in [1.807, 2.05) is 42.5 Å². The third-order valence-corrected chi connectivity index (χ3v) is 5.25. The summed E-state index contributed by atoms with van der Waals surface area (Å²) in [6, 6.07) is 21.0. The van der Waals surface area contributed by atoms with Gasteiger partial charge in [-0.25, -0.2) is 0 Å². The zero-order valence-electron chi connectivity index (χ0n) is 17.2. The molecule has 1 heterocycles. The monoisotopic (exact) mass is 398 g/mol. The van der Waals surface area contributed by atoms with Crippen molar-refractivity contribution >= 4 is 39.3 Å². The van der Waals surface area contributed by atoms with Gasteiger partial charge in [0.1, 0.15) is 0 Å². The summed E-state index contributed by atoms with van der Waals surface area (Å²) in [6.45, 7) is 4.24. The maximum atomic E-state index is 12.1. The standard InChI is InChI=1S/C25H24N3O2/c1-3-6-17-11-12-20-23(14-17)28(22-10-5-9-21(24(20)22)25(26)30)15-18-7-4-8-19(13-18)27-16(2)29/h4-5,7-11,13-14H,3,6,15H2,1-2H3,(H2,26,30)(H,27,29). The van der Waals surface area contributed by atoms with Crippen molar-refractivity contribution in [1.82, 2.24) is 4.57 Å². The van der Waals surface area contributed by atoms with Gasteiger partial charge >= 0.3 is 0 Å². The Morgan fingerprint density at radius 1 is 1.07 bits per heavy atom. The molecule has 1 radical (unpaired) electrons. The third kappa shape index (κ3) is 3.66. The van der Waals surface area contributed by atoms with E-state index in [9.17, 15) is 9.59 Å². The van der Waals surface area contributed by atoms with Crippen LogP contribution < -0.4 is 11.1 Å². The first kappa shape index (κ1) is 19.7. The molecule has 4 aromatic rings. The number of hydrogen-bond acceptors (Lipinski definition) is 2. The summed E-state index contributed by atoms with van der Waals surface area (Å²) in [6.07, 6.45) is 2.01. The Morgan fingerprint density at radius 2 is 1.87 bits per heavy atom. The Labute approximate surface area is 175 Å². The highest BCUT2D eigenvalue weighted by atomic mass is 16.1. The van der Waals surface area contributed by atoms with Crippen LogP contribution in [0.2, 0.25) is 0 Å². The highest BCUT2D eigenvalue weighted by Gasteiger charge is 2.17. The fourth-order valence-corrected chi connectivity index (χ4v) is 4.04. The minimum Gasteiger partial charge on any atom is -0.366 e. The van der Waals surface area contributed by atoms with Crippen molar-refractivity contribution in [3.63, 3.8) is 0 Å². The molecule has 30 heavy (non-hydrogen) atoms. The molecule has 0 unspecified atom stereocenters. The normalized spacial score (nSPS) is 11.1. The van der Waals surface area contributed by atoms with Crippen LogP contribution in [0.4, 0.5) is 5.69 Å². The summed E-state index contributed by atoms with van der Waals surface area (Å²) in [7, 11) is 0. The summed E-state index contributed by atoms with van der Waals surface area (Å²) in [5.74, 6) is -0.549. The van der Waals surface area contributed by atoms with Gasteiger partial charge < -0.3 is 15.6 Å². The van der Waals surface area contributed by atoms with Crippen LogP contribution in [0.5, 0.6) is 0 Å². The zero-order valence-corrected chi connectivity index (χ0v) is 17.2. The Bertz CT molecular complexity index is 1270. The topological polar surface area (TPSA) is 77.1 Å². The van der Waals surface area contributed by atoms with Crippen LogP contribution in [-0.4, -0.2) is 16.4 Å². The number of nitrogens with one attached hydrogen (secondary N) is 1. The van der Waals surface area contributed by atoms with Gasteiger partial charge in [0.05, 0.1) is 11.0 Å². The molecule has 0 fully saturated rings. The predicted molar refractivity (Wildman–Crippen MR) is 121 cm³/mol. The number of carbonyl (C=O) groups is 2. The number of hydrogen-bond donors (Lipinski definition) is 2. The van der Waals surface area contributed by atoms with Crippen molar-refractivity contribution in [3.05, 3.63) is 77.4 Å². The minimum atomic E-state index is -0.446. The van der Waals surface area contributed by atoms with Crippen LogP contribution in [0.1, 0.15) is 41.8 Å². The van der Waals surface area contributed by atoms with E-state index in [1.165, 1.54) is 12.5 Å². The lowest BCUT2D eigenvalue weighted by atomic mass is 10.0. The van der Waals surface area contributed by atoms with Gasteiger partial charge in [-0.3, -0.25) is 9.59 Å². The van der Waals surface area contributed by atoms with E-state index in [0.717, 1.165) is 45.9 Å². The average molecular weight is 398 g/mol. The van der Waals surface area contributed by atoms with E-state index in [-0.39, 0.29) is 5.91 Å². The molecule has 4 rings (SSSR count). The smallest absolute Gasteiger partial charge is 0.249 e. The molecule has 151 valence electrons. The van der Waals surface area contributed by atoms with Crippen molar-refractivity contribution in [1.29, 1.82) is 0 Å². The lowest BCUT2D eigenvalue weighted by Gasteiger charge is -2.11. The summed E-state index contributed by atoms with van der Waals surface area (Å²) < 4.78 is 2.19. The highest BCUT2D eigenvalue weighted by molar-refractivity contribution is 6.17. The molecule has 0 aliphatic carbocycles. The van der Waals surface area contributed by atoms with Gasteiger partial charge in [-0.15, -0.1) is 0 Å². The number of primary amides is 1. The van der Waals surface area contributed by atoms with Crippen molar-refractivity contribution in [3.8, 4) is 0 Å². The van der Waals surface area contributed by atoms with Crippen LogP contribution in [-0.2, 0) is 17.8 Å². The number of aromatic nitrogens is 1. The van der Waals surface area contributed by atoms with Crippen LogP contribution in [0.25, 0.3) is 21.8 Å². The Morgan fingerprint density at radius 3 is 2.60 bits per heavy atom. The van der Waals surface area contributed by atoms with Gasteiger partial charge in [-0.2, -0.15) is 0 Å². The number of carbonyl (C=O) groups excluding carboxylic acids is 2. The molecule has 5 nitrogen and oxygen atoms in total. The first-order valence-electron chi connectivity index (χ1n) is 10.1. The fourth-order valence-electron chi connectivity index (χ4n) is 4.04. The van der Waals surface area contributed by atoms with E-state index in [2.05, 4.69) is 28.9 Å². The molecule has 0 spiro atoms. The molecule has 3 N–H and O–H groups in total. The van der Waals surface area contributed by atoms with E-state index < -0.39 is 5.91 Å². The zero-order chi connectivity index (χ0) is 21.3. The first-order chi connectivity index (χ1) is 14.5. The predicted octanol–water partition coefficient (Wildman–Crippen LogP) is 4.65. The molecular formula is C25H24N3O2. The maximum absolute atomic E-state index is 12.1. The molecule has 2 amide bonds. The molecule has 0 saturated heterocycles. The second-order valence-corrected chi connectivity index (χ2v) is 7.55. The Kier molecular flexibility index (Phi) is 5.27. The average Bonchev–Trinajstić information content (AvgIpc) is 3.01. The fraction of sp³-hybridized carbons (Fsp3) is 0.200. The van der Waals surface area contributed by atoms with Crippen LogP contribution in [0, 0.1) is 6.07 Å². The molecule has 0 saturated carbocycles. The molecule has 0 bridgehead atoms. The molecular weight excluding hydrogens is 374 g/mol. The number of nitrogens with zero attached hydrogens (tertiary/aromatic N) is 1. The Balaban J connectivity index is 1.93. The van der Waals surface area contributed by atoms with Gasteiger partial charge in [0.2, 0.25) is 11.8 Å². The van der Waals surface area contributed by atoms with E-state index in [1.54, 1.807) is 6.07 Å². The largest absolute Gasteiger partial charge is 0.366 e. The maximum Gasteiger partial charge on any atom is 0.249 e. The number of nitrogens with two attached hydrogens (primary N) is 1. The molecule has 5 heteroatoms. The molecule has 1 aromatic heterocycles. The van der Waals surface area contributed by atoms with Crippen molar-refractivity contribution in [2.75, 3.05) is 5.32 Å². The van der Waals surface area contributed by atoms with Gasteiger partial charge in [-0.1, -0.05) is 37.6 Å². The second-order valence-electron chi connectivity index (χ2n) is 7.55. The summed E-state index contributed by atoms with van der Waals surface area (Å²) in [5, 5.41) is 4.57. The quantitative estimate of drug-likeness (QED) is 0.496. The number of rotatable bonds is 6. The van der Waals surface area contributed by atoms with E-state index in [4.69, 9.17) is 5.73 Å². The van der Waals surface area contributed by atoms with Crippen molar-refractivity contribution < 1.29 is 9.59 Å². The first-order valence-corrected chi connectivity index (χ1v) is 10.1. The number of anilines is 1. The number of benzene rings is 3. The lowest BCUT2D eigenvalue weighted by molar-refractivity contribution is -0.114. The third-order valence-electron chi connectivity index (χ3n) is 5.25. The summed E-state index contributed by atoms with van der Waals surface area (Å²) >= 11 is 0. The van der Waals surface area contributed by atoms with Gasteiger partial charge in [-0.05, 0) is 53.9 Å². The number of aryl methyl sites for hydroxylation is 1.